The van der Waals surface area contributed by atoms with Gasteiger partial charge in [-0.15, -0.1) is 0 Å². The Balaban J connectivity index is 2.20. The minimum atomic E-state index is -0.421. The fourth-order valence-corrected chi connectivity index (χ4v) is 2.45. The van der Waals surface area contributed by atoms with Gasteiger partial charge in [0.1, 0.15) is 5.60 Å². The summed E-state index contributed by atoms with van der Waals surface area (Å²) in [5, 5.41) is 6.21. The van der Waals surface area contributed by atoms with E-state index in [4.69, 9.17) is 4.74 Å². The molecule has 0 aromatic heterocycles. The second kappa shape index (κ2) is 6.35. The van der Waals surface area contributed by atoms with E-state index < -0.39 is 5.60 Å². The Labute approximate surface area is 102 Å². The molecule has 2 N–H and O–H groups in total. The molecule has 1 rings (SSSR count). The van der Waals surface area contributed by atoms with Crippen LogP contribution in [0.5, 0.6) is 0 Å². The van der Waals surface area contributed by atoms with Crippen molar-refractivity contribution in [2.45, 2.75) is 38.8 Å². The van der Waals surface area contributed by atoms with Crippen LogP contribution in [0.1, 0.15) is 27.2 Å². The van der Waals surface area contributed by atoms with Gasteiger partial charge in [-0.2, -0.15) is 11.8 Å². The summed E-state index contributed by atoms with van der Waals surface area (Å²) in [6, 6.07) is 0.361. The van der Waals surface area contributed by atoms with Crippen LogP contribution >= 0.6 is 11.8 Å². The van der Waals surface area contributed by atoms with Crippen LogP contribution < -0.4 is 10.6 Å². The molecular formula is C11H22N2O2S. The number of amides is 1. The predicted octanol–water partition coefficient (Wildman–Crippen LogP) is 1.61. The third kappa shape index (κ3) is 6.23. The number of nitrogens with one attached hydrogen (secondary N) is 2. The van der Waals surface area contributed by atoms with Crippen LogP contribution in [-0.2, 0) is 4.74 Å². The van der Waals surface area contributed by atoms with Crippen molar-refractivity contribution in [3.8, 4) is 0 Å². The highest BCUT2D eigenvalue weighted by atomic mass is 32.2. The van der Waals surface area contributed by atoms with Gasteiger partial charge in [0.2, 0.25) is 0 Å². The van der Waals surface area contributed by atoms with E-state index in [1.54, 1.807) is 0 Å². The molecule has 1 amide bonds. The third-order valence-corrected chi connectivity index (χ3v) is 3.32. The molecule has 5 heteroatoms. The summed E-state index contributed by atoms with van der Waals surface area (Å²) in [5.74, 6) is 2.26. The Hall–Kier alpha value is -0.420. The molecule has 0 aliphatic carbocycles. The molecule has 0 aromatic carbocycles. The first-order valence-electron chi connectivity index (χ1n) is 5.75. The highest BCUT2D eigenvalue weighted by molar-refractivity contribution is 7.99. The summed E-state index contributed by atoms with van der Waals surface area (Å²) in [6.07, 6.45) is 0.872. The third-order valence-electron chi connectivity index (χ3n) is 2.11. The van der Waals surface area contributed by atoms with Gasteiger partial charge in [-0.25, -0.2) is 4.79 Å². The summed E-state index contributed by atoms with van der Waals surface area (Å²) >= 11 is 1.93. The molecule has 94 valence electrons. The molecule has 1 heterocycles. The molecule has 1 unspecified atom stereocenters. The summed E-state index contributed by atoms with van der Waals surface area (Å²) in [6.45, 7) is 7.28. The normalized spacial score (nSPS) is 22.3. The average Bonchev–Trinajstić information content (AvgIpc) is 2.39. The predicted molar refractivity (Wildman–Crippen MR) is 68.0 cm³/mol. The van der Waals surface area contributed by atoms with Crippen molar-refractivity contribution in [1.82, 2.24) is 10.6 Å². The van der Waals surface area contributed by atoms with Gasteiger partial charge >= 0.3 is 6.09 Å². The fourth-order valence-electron chi connectivity index (χ4n) is 1.42. The van der Waals surface area contributed by atoms with E-state index in [1.165, 1.54) is 12.2 Å². The van der Waals surface area contributed by atoms with Gasteiger partial charge in [0.15, 0.2) is 0 Å². The number of hydrogen-bond donors (Lipinski definition) is 2. The fraction of sp³-hybridized carbons (Fsp3) is 0.909. The van der Waals surface area contributed by atoms with Gasteiger partial charge < -0.3 is 15.4 Å². The number of carbonyl (C=O) groups is 1. The minimum absolute atomic E-state index is 0.330. The Morgan fingerprint density at radius 1 is 1.56 bits per heavy atom. The van der Waals surface area contributed by atoms with Crippen LogP contribution in [0.2, 0.25) is 0 Å². The van der Waals surface area contributed by atoms with Gasteiger partial charge in [0.25, 0.3) is 0 Å². The summed E-state index contributed by atoms with van der Waals surface area (Å²) in [7, 11) is 0. The second-order valence-electron chi connectivity index (χ2n) is 4.96. The number of thioether (sulfide) groups is 1. The number of carbonyl (C=O) groups excluding carboxylic acids is 1. The molecule has 0 spiro atoms. The van der Waals surface area contributed by atoms with Gasteiger partial charge in [-0.05, 0) is 39.5 Å². The highest BCUT2D eigenvalue weighted by Crippen LogP contribution is 2.09. The number of ether oxygens (including phenoxy) is 1. The van der Waals surface area contributed by atoms with Crippen molar-refractivity contribution in [3.05, 3.63) is 0 Å². The number of hydrogen-bond acceptors (Lipinski definition) is 4. The van der Waals surface area contributed by atoms with Crippen molar-refractivity contribution in [1.29, 1.82) is 0 Å². The maximum atomic E-state index is 11.4. The van der Waals surface area contributed by atoms with Crippen LogP contribution in [-0.4, -0.2) is 42.3 Å². The largest absolute Gasteiger partial charge is 0.444 e. The molecule has 1 fully saturated rings. The molecule has 1 atom stereocenters. The van der Waals surface area contributed by atoms with Gasteiger partial charge in [-0.3, -0.25) is 0 Å². The van der Waals surface area contributed by atoms with Crippen LogP contribution in [0.25, 0.3) is 0 Å². The molecule has 0 aromatic rings. The summed E-state index contributed by atoms with van der Waals surface area (Å²) in [5.41, 5.74) is -0.421. The van der Waals surface area contributed by atoms with Crippen LogP contribution in [0, 0.1) is 0 Å². The molecule has 16 heavy (non-hydrogen) atoms. The first-order chi connectivity index (χ1) is 7.47. The molecule has 1 aliphatic rings. The maximum Gasteiger partial charge on any atom is 0.407 e. The smallest absolute Gasteiger partial charge is 0.407 e. The SMILES string of the molecule is CC(C)(C)OC(=O)NCC1CSCCCN1. The van der Waals surface area contributed by atoms with E-state index >= 15 is 0 Å². The zero-order chi connectivity index (χ0) is 12.0. The number of alkyl carbamates (subject to hydrolysis) is 1. The van der Waals surface area contributed by atoms with Crippen molar-refractivity contribution in [2.75, 3.05) is 24.6 Å². The molecule has 1 aliphatic heterocycles. The molecular weight excluding hydrogens is 224 g/mol. The molecule has 0 saturated carbocycles. The minimum Gasteiger partial charge on any atom is -0.444 e. The molecule has 0 radical (unpaired) electrons. The van der Waals surface area contributed by atoms with Gasteiger partial charge in [0.05, 0.1) is 0 Å². The second-order valence-corrected chi connectivity index (χ2v) is 6.11. The summed E-state index contributed by atoms with van der Waals surface area (Å²) < 4.78 is 5.18. The standard InChI is InChI=1S/C11H22N2O2S/c1-11(2,3)15-10(14)13-7-9-8-16-6-4-5-12-9/h9,12H,4-8H2,1-3H3,(H,13,14). The molecule has 4 nitrogen and oxygen atoms in total. The van der Waals surface area contributed by atoms with E-state index in [0.717, 1.165) is 12.3 Å². The lowest BCUT2D eigenvalue weighted by Gasteiger charge is -2.21. The molecule has 0 bridgehead atoms. The van der Waals surface area contributed by atoms with Crippen molar-refractivity contribution < 1.29 is 9.53 Å². The Bertz CT molecular complexity index is 221. The van der Waals surface area contributed by atoms with E-state index in [0.29, 0.717) is 12.6 Å². The Morgan fingerprint density at radius 3 is 3.00 bits per heavy atom. The van der Waals surface area contributed by atoms with E-state index in [1.807, 2.05) is 32.5 Å². The van der Waals surface area contributed by atoms with E-state index in [9.17, 15) is 4.79 Å². The van der Waals surface area contributed by atoms with E-state index in [2.05, 4.69) is 10.6 Å². The highest BCUT2D eigenvalue weighted by Gasteiger charge is 2.17. The maximum absolute atomic E-state index is 11.4. The summed E-state index contributed by atoms with van der Waals surface area (Å²) in [4.78, 5) is 11.4. The lowest BCUT2D eigenvalue weighted by Crippen LogP contribution is -2.43. The van der Waals surface area contributed by atoms with Gasteiger partial charge in [0, 0.05) is 18.3 Å². The van der Waals surface area contributed by atoms with Gasteiger partial charge in [-0.1, -0.05) is 0 Å². The Kier molecular flexibility index (Phi) is 5.41. The zero-order valence-corrected chi connectivity index (χ0v) is 11.2. The average molecular weight is 246 g/mol. The van der Waals surface area contributed by atoms with Crippen LogP contribution in [0.4, 0.5) is 4.79 Å². The van der Waals surface area contributed by atoms with Crippen molar-refractivity contribution in [3.63, 3.8) is 0 Å². The number of rotatable bonds is 2. The lowest BCUT2D eigenvalue weighted by atomic mass is 10.2. The van der Waals surface area contributed by atoms with Crippen LogP contribution in [0.15, 0.2) is 0 Å². The van der Waals surface area contributed by atoms with Crippen LogP contribution in [0.3, 0.4) is 0 Å². The zero-order valence-electron chi connectivity index (χ0n) is 10.3. The van der Waals surface area contributed by atoms with Crippen molar-refractivity contribution >= 4 is 17.9 Å². The van der Waals surface area contributed by atoms with Crippen molar-refractivity contribution in [2.24, 2.45) is 0 Å². The first kappa shape index (κ1) is 13.6. The quantitative estimate of drug-likeness (QED) is 0.777. The lowest BCUT2D eigenvalue weighted by molar-refractivity contribution is 0.0524. The monoisotopic (exact) mass is 246 g/mol. The first-order valence-corrected chi connectivity index (χ1v) is 6.91. The molecule has 1 saturated heterocycles. The topological polar surface area (TPSA) is 50.4 Å². The van der Waals surface area contributed by atoms with E-state index in [-0.39, 0.29) is 6.09 Å². The Morgan fingerprint density at radius 2 is 2.31 bits per heavy atom.